The third-order valence-electron chi connectivity index (χ3n) is 2.86. The molecule has 2 aromatic rings. The van der Waals surface area contributed by atoms with Crippen molar-refractivity contribution in [1.82, 2.24) is 4.98 Å². The fraction of sp³-hybridized carbons (Fsp3) is 0.200. The maximum absolute atomic E-state index is 13.7. The zero-order chi connectivity index (χ0) is 16.1. The molecule has 7 heteroatoms. The lowest BCUT2D eigenvalue weighted by Gasteiger charge is -2.10. The molecule has 3 N–H and O–H groups in total. The number of anilines is 1. The molecule has 1 heterocycles. The maximum Gasteiger partial charge on any atom is 0.251 e. The van der Waals surface area contributed by atoms with Gasteiger partial charge < -0.3 is 15.8 Å². The van der Waals surface area contributed by atoms with Gasteiger partial charge in [-0.25, -0.2) is 13.8 Å². The van der Waals surface area contributed by atoms with Crippen molar-refractivity contribution in [3.63, 3.8) is 0 Å². The molecule has 0 atom stereocenters. The maximum atomic E-state index is 13.7. The van der Waals surface area contributed by atoms with Crippen molar-refractivity contribution >= 4 is 11.6 Å². The molecule has 0 saturated heterocycles. The standard InChI is InChI=1S/C15H15F2N3O2/c1-2-22-14-5-3-4-9(20-14)8-19-13-6-10(15(18)21)11(16)7-12(13)17/h3-7,19H,2,8H2,1H3,(H2,18,21). The Morgan fingerprint density at radius 2 is 2.09 bits per heavy atom. The molecular formula is C15H15F2N3O2. The molecule has 1 amide bonds. The first kappa shape index (κ1) is 15.7. The topological polar surface area (TPSA) is 77.2 Å². The van der Waals surface area contributed by atoms with Gasteiger partial charge >= 0.3 is 0 Å². The summed E-state index contributed by atoms with van der Waals surface area (Å²) in [6.07, 6.45) is 0. The number of amides is 1. The Balaban J connectivity index is 2.16. The summed E-state index contributed by atoms with van der Waals surface area (Å²) in [5.74, 6) is -2.31. The van der Waals surface area contributed by atoms with Crippen LogP contribution in [0, 0.1) is 11.6 Å². The van der Waals surface area contributed by atoms with Crippen LogP contribution in [0.2, 0.25) is 0 Å². The van der Waals surface area contributed by atoms with E-state index in [1.54, 1.807) is 18.2 Å². The molecule has 5 nitrogen and oxygen atoms in total. The predicted octanol–water partition coefficient (Wildman–Crippen LogP) is 2.47. The molecule has 2 rings (SSSR count). The highest BCUT2D eigenvalue weighted by Gasteiger charge is 2.13. The summed E-state index contributed by atoms with van der Waals surface area (Å²) in [6.45, 7) is 2.51. The Morgan fingerprint density at radius 1 is 1.32 bits per heavy atom. The summed E-state index contributed by atoms with van der Waals surface area (Å²) in [5.41, 5.74) is 5.24. The quantitative estimate of drug-likeness (QED) is 0.859. The van der Waals surface area contributed by atoms with E-state index in [2.05, 4.69) is 10.3 Å². The normalized spacial score (nSPS) is 10.3. The summed E-state index contributed by atoms with van der Waals surface area (Å²) < 4.78 is 32.3. The number of ether oxygens (including phenoxy) is 1. The first-order chi connectivity index (χ1) is 10.5. The lowest BCUT2D eigenvalue weighted by molar-refractivity contribution is 0.0996. The van der Waals surface area contributed by atoms with E-state index in [9.17, 15) is 13.6 Å². The zero-order valence-corrected chi connectivity index (χ0v) is 11.9. The molecule has 0 radical (unpaired) electrons. The van der Waals surface area contributed by atoms with E-state index in [-0.39, 0.29) is 17.8 Å². The van der Waals surface area contributed by atoms with E-state index in [0.717, 1.165) is 6.07 Å². The number of primary amides is 1. The number of nitrogens with two attached hydrogens (primary N) is 1. The van der Waals surface area contributed by atoms with Gasteiger partial charge in [0, 0.05) is 12.1 Å². The second-order valence-corrected chi connectivity index (χ2v) is 4.43. The number of hydrogen-bond acceptors (Lipinski definition) is 4. The van der Waals surface area contributed by atoms with E-state index in [1.807, 2.05) is 6.92 Å². The van der Waals surface area contributed by atoms with Gasteiger partial charge in [-0.2, -0.15) is 0 Å². The van der Waals surface area contributed by atoms with Crippen LogP contribution >= 0.6 is 0 Å². The number of hydrogen-bond donors (Lipinski definition) is 2. The summed E-state index contributed by atoms with van der Waals surface area (Å²) in [5, 5.41) is 2.75. The first-order valence-corrected chi connectivity index (χ1v) is 6.62. The van der Waals surface area contributed by atoms with Gasteiger partial charge in [0.1, 0.15) is 11.6 Å². The molecule has 0 fully saturated rings. The number of rotatable bonds is 6. The lowest BCUT2D eigenvalue weighted by Crippen LogP contribution is -2.14. The number of halogens is 2. The van der Waals surface area contributed by atoms with Crippen molar-refractivity contribution in [3.05, 3.63) is 53.2 Å². The van der Waals surface area contributed by atoms with Crippen LogP contribution in [-0.2, 0) is 6.54 Å². The van der Waals surface area contributed by atoms with Crippen LogP contribution in [-0.4, -0.2) is 17.5 Å². The van der Waals surface area contributed by atoms with Crippen LogP contribution in [0.5, 0.6) is 5.88 Å². The summed E-state index contributed by atoms with van der Waals surface area (Å²) in [4.78, 5) is 15.3. The fourth-order valence-corrected chi connectivity index (χ4v) is 1.84. The average Bonchev–Trinajstić information content (AvgIpc) is 2.47. The third kappa shape index (κ3) is 3.69. The highest BCUT2D eigenvalue weighted by molar-refractivity contribution is 5.94. The van der Waals surface area contributed by atoms with Gasteiger partial charge in [0.15, 0.2) is 0 Å². The zero-order valence-electron chi connectivity index (χ0n) is 11.9. The van der Waals surface area contributed by atoms with Gasteiger partial charge in [-0.1, -0.05) is 6.07 Å². The molecular weight excluding hydrogens is 292 g/mol. The summed E-state index contributed by atoms with van der Waals surface area (Å²) in [6, 6.07) is 6.85. The Labute approximate surface area is 126 Å². The fourth-order valence-electron chi connectivity index (χ4n) is 1.84. The number of benzene rings is 1. The molecule has 1 aromatic heterocycles. The van der Waals surface area contributed by atoms with E-state index >= 15 is 0 Å². The van der Waals surface area contributed by atoms with E-state index in [1.165, 1.54) is 0 Å². The number of carbonyl (C=O) groups is 1. The van der Waals surface area contributed by atoms with Gasteiger partial charge in [-0.15, -0.1) is 0 Å². The molecule has 1 aromatic carbocycles. The minimum absolute atomic E-state index is 0.0289. The molecule has 0 unspecified atom stereocenters. The van der Waals surface area contributed by atoms with Crippen LogP contribution in [0.4, 0.5) is 14.5 Å². The SMILES string of the molecule is CCOc1cccc(CNc2cc(C(N)=O)c(F)cc2F)n1. The Bertz CT molecular complexity index is 692. The molecule has 116 valence electrons. The lowest BCUT2D eigenvalue weighted by atomic mass is 10.1. The van der Waals surface area contributed by atoms with Crippen molar-refractivity contribution < 1.29 is 18.3 Å². The number of pyridine rings is 1. The number of nitrogens with zero attached hydrogens (tertiary/aromatic N) is 1. The molecule has 0 aliphatic rings. The van der Waals surface area contributed by atoms with Crippen molar-refractivity contribution in [3.8, 4) is 5.88 Å². The van der Waals surface area contributed by atoms with Crippen LogP contribution in [0.1, 0.15) is 23.0 Å². The minimum atomic E-state index is -0.994. The molecule has 0 saturated carbocycles. The molecule has 0 aliphatic heterocycles. The number of nitrogens with one attached hydrogen (secondary N) is 1. The van der Waals surface area contributed by atoms with E-state index < -0.39 is 17.5 Å². The largest absolute Gasteiger partial charge is 0.478 e. The number of aromatic nitrogens is 1. The number of carbonyl (C=O) groups excluding carboxylic acids is 1. The van der Waals surface area contributed by atoms with Crippen LogP contribution in [0.25, 0.3) is 0 Å². The Hall–Kier alpha value is -2.70. The van der Waals surface area contributed by atoms with Crippen LogP contribution in [0.3, 0.4) is 0 Å². The minimum Gasteiger partial charge on any atom is -0.478 e. The smallest absolute Gasteiger partial charge is 0.251 e. The Kier molecular flexibility index (Phi) is 4.88. The second kappa shape index (κ2) is 6.84. The van der Waals surface area contributed by atoms with Crippen LogP contribution in [0.15, 0.2) is 30.3 Å². The monoisotopic (exact) mass is 307 g/mol. The highest BCUT2D eigenvalue weighted by Crippen LogP contribution is 2.20. The van der Waals surface area contributed by atoms with Crippen LogP contribution < -0.4 is 15.8 Å². The van der Waals surface area contributed by atoms with E-state index in [4.69, 9.17) is 10.5 Å². The third-order valence-corrected chi connectivity index (χ3v) is 2.86. The van der Waals surface area contributed by atoms with Crippen molar-refractivity contribution in [2.45, 2.75) is 13.5 Å². The summed E-state index contributed by atoms with van der Waals surface area (Å²) >= 11 is 0. The van der Waals surface area contributed by atoms with Crippen molar-refractivity contribution in [1.29, 1.82) is 0 Å². The Morgan fingerprint density at radius 3 is 2.77 bits per heavy atom. The van der Waals surface area contributed by atoms with Gasteiger partial charge in [-0.3, -0.25) is 4.79 Å². The van der Waals surface area contributed by atoms with Gasteiger partial charge in [0.25, 0.3) is 5.91 Å². The van der Waals surface area contributed by atoms with Gasteiger partial charge in [-0.05, 0) is 19.1 Å². The molecule has 0 bridgehead atoms. The predicted molar refractivity (Wildman–Crippen MR) is 77.6 cm³/mol. The van der Waals surface area contributed by atoms with Crippen molar-refractivity contribution in [2.24, 2.45) is 5.73 Å². The van der Waals surface area contributed by atoms with Gasteiger partial charge in [0.05, 0.1) is 30.1 Å². The molecule has 0 spiro atoms. The first-order valence-electron chi connectivity index (χ1n) is 6.62. The van der Waals surface area contributed by atoms with Crippen molar-refractivity contribution in [2.75, 3.05) is 11.9 Å². The average molecular weight is 307 g/mol. The summed E-state index contributed by atoms with van der Waals surface area (Å²) in [7, 11) is 0. The molecule has 22 heavy (non-hydrogen) atoms. The second-order valence-electron chi connectivity index (χ2n) is 4.43. The molecule has 0 aliphatic carbocycles. The highest BCUT2D eigenvalue weighted by atomic mass is 19.1. The van der Waals surface area contributed by atoms with Gasteiger partial charge in [0.2, 0.25) is 5.88 Å². The van der Waals surface area contributed by atoms with E-state index in [0.29, 0.717) is 24.2 Å².